The van der Waals surface area contributed by atoms with Crippen molar-refractivity contribution in [3.8, 4) is 0 Å². The molecule has 2 atom stereocenters. The predicted molar refractivity (Wildman–Crippen MR) is 89.0 cm³/mol. The first-order chi connectivity index (χ1) is 10.5. The second-order valence-corrected chi connectivity index (χ2v) is 5.20. The zero-order valence-electron chi connectivity index (χ0n) is 14.2. The highest BCUT2D eigenvalue weighted by molar-refractivity contribution is 5.89. The van der Waals surface area contributed by atoms with Gasteiger partial charge in [-0.3, -0.25) is 4.90 Å². The molecule has 0 bridgehead atoms. The van der Waals surface area contributed by atoms with Gasteiger partial charge in [0.2, 0.25) is 0 Å². The average Bonchev–Trinajstić information content (AvgIpc) is 2.56. The number of carbonyl (C=O) groups is 1. The maximum Gasteiger partial charge on any atom is 0.335 e. The molecule has 1 fully saturated rings. The number of piperidine rings is 1. The largest absolute Gasteiger partial charge is 0.466 e. The van der Waals surface area contributed by atoms with Crippen LogP contribution in [-0.4, -0.2) is 55.4 Å². The van der Waals surface area contributed by atoms with Crippen molar-refractivity contribution in [1.82, 2.24) is 4.90 Å². The summed E-state index contributed by atoms with van der Waals surface area (Å²) < 4.78 is 4.80. The van der Waals surface area contributed by atoms with Gasteiger partial charge < -0.3 is 21.3 Å². The number of likely N-dealkylation sites (tertiary alicyclic amines) is 1. The second kappa shape index (κ2) is 11.2. The minimum absolute atomic E-state index is 0.0208. The molecule has 0 radical (unpaired) electrons. The smallest absolute Gasteiger partial charge is 0.335 e. The molecule has 6 heteroatoms. The van der Waals surface area contributed by atoms with Gasteiger partial charge in [0.1, 0.15) is 0 Å². The predicted octanol–water partition coefficient (Wildman–Crippen LogP) is 0.616. The molecule has 5 N–H and O–H groups in total. The van der Waals surface area contributed by atoms with Crippen molar-refractivity contribution in [2.45, 2.75) is 33.2 Å². The van der Waals surface area contributed by atoms with Crippen LogP contribution in [0.5, 0.6) is 0 Å². The van der Waals surface area contributed by atoms with Crippen LogP contribution in [0.1, 0.15) is 27.2 Å². The number of nitrogens with zero attached hydrogens (tertiary/aromatic N) is 1. The molecule has 0 aliphatic carbocycles. The summed E-state index contributed by atoms with van der Waals surface area (Å²) in [4.78, 5) is 13.9. The van der Waals surface area contributed by atoms with E-state index in [4.69, 9.17) is 16.2 Å². The lowest BCUT2D eigenvalue weighted by molar-refractivity contribution is -0.136. The first-order valence-electron chi connectivity index (χ1n) is 7.78. The average molecular weight is 313 g/mol. The van der Waals surface area contributed by atoms with Crippen molar-refractivity contribution in [2.24, 2.45) is 17.4 Å². The highest BCUT2D eigenvalue weighted by atomic mass is 16.5. The van der Waals surface area contributed by atoms with E-state index in [1.165, 1.54) is 13.3 Å². The molecule has 1 rings (SSSR count). The molecule has 0 saturated carbocycles. The van der Waals surface area contributed by atoms with Crippen LogP contribution < -0.4 is 11.5 Å². The zero-order chi connectivity index (χ0) is 17.1. The van der Waals surface area contributed by atoms with Crippen LogP contribution in [-0.2, 0) is 9.53 Å². The summed E-state index contributed by atoms with van der Waals surface area (Å²) in [6, 6.07) is 0.0208. The number of allylic oxidation sites excluding steroid dienone is 2. The minimum atomic E-state index is -0.360. The van der Waals surface area contributed by atoms with E-state index >= 15 is 0 Å². The van der Waals surface area contributed by atoms with Crippen LogP contribution >= 0.6 is 0 Å². The molecule has 22 heavy (non-hydrogen) atoms. The summed E-state index contributed by atoms with van der Waals surface area (Å²) in [6.07, 6.45) is 3.99. The van der Waals surface area contributed by atoms with Crippen molar-refractivity contribution >= 4 is 5.97 Å². The molecule has 1 aliphatic rings. The number of carbonyl (C=O) groups excluding carboxylic acids is 1. The third-order valence-corrected chi connectivity index (χ3v) is 3.62. The summed E-state index contributed by atoms with van der Waals surface area (Å²) in [6.45, 7) is 7.85. The lowest BCUT2D eigenvalue weighted by Crippen LogP contribution is -2.49. The van der Waals surface area contributed by atoms with E-state index in [1.54, 1.807) is 6.08 Å². The lowest BCUT2D eigenvalue weighted by Gasteiger charge is -2.36. The molecule has 0 aromatic carbocycles. The fourth-order valence-electron chi connectivity index (χ4n) is 2.33. The standard InChI is InChI=1S/C14H25N3O3.C2H6/c1-10(6-15)5-11(14(19)20-2)7-17-4-3-13(16)12(8-17)9-18;1-2/h5-6,12-13,18H,3-4,7-9,15-16H2,1-2H3;1-2H3/b10-6-,11-5+;. The van der Waals surface area contributed by atoms with Gasteiger partial charge >= 0.3 is 5.97 Å². The van der Waals surface area contributed by atoms with E-state index in [1.807, 2.05) is 20.8 Å². The van der Waals surface area contributed by atoms with Crippen LogP contribution in [0.15, 0.2) is 23.4 Å². The number of rotatable bonds is 5. The van der Waals surface area contributed by atoms with Gasteiger partial charge in [-0.1, -0.05) is 13.8 Å². The van der Waals surface area contributed by atoms with Crippen LogP contribution in [0.25, 0.3) is 0 Å². The molecule has 1 heterocycles. The van der Waals surface area contributed by atoms with Gasteiger partial charge in [-0.2, -0.15) is 0 Å². The number of methoxy groups -OCH3 is 1. The topological polar surface area (TPSA) is 102 Å². The van der Waals surface area contributed by atoms with Crippen molar-refractivity contribution < 1.29 is 14.6 Å². The molecule has 2 unspecified atom stereocenters. The fourth-order valence-corrected chi connectivity index (χ4v) is 2.33. The number of esters is 1. The Kier molecular flexibility index (Phi) is 10.5. The quantitative estimate of drug-likeness (QED) is 0.391. The SMILES string of the molecule is CC.COC(=O)/C(=C/C(C)=C\N)CN1CCC(N)C(CO)C1. The van der Waals surface area contributed by atoms with Crippen molar-refractivity contribution in [1.29, 1.82) is 0 Å². The molecule has 0 aromatic rings. The monoisotopic (exact) mass is 313 g/mol. The lowest BCUT2D eigenvalue weighted by atomic mass is 9.93. The Morgan fingerprint density at radius 2 is 2.09 bits per heavy atom. The van der Waals surface area contributed by atoms with E-state index in [0.717, 1.165) is 18.5 Å². The maximum absolute atomic E-state index is 11.8. The van der Waals surface area contributed by atoms with Crippen molar-refractivity contribution in [2.75, 3.05) is 33.4 Å². The highest BCUT2D eigenvalue weighted by Gasteiger charge is 2.27. The van der Waals surface area contributed by atoms with Gasteiger partial charge in [-0.05, 0) is 37.7 Å². The van der Waals surface area contributed by atoms with Crippen LogP contribution in [0.3, 0.4) is 0 Å². The summed E-state index contributed by atoms with van der Waals surface area (Å²) in [5, 5.41) is 9.31. The highest BCUT2D eigenvalue weighted by Crippen LogP contribution is 2.17. The Hall–Kier alpha value is -1.37. The Bertz CT molecular complexity index is 394. The molecule has 6 nitrogen and oxygen atoms in total. The molecular formula is C16H31N3O3. The Balaban J connectivity index is 0.00000211. The normalized spacial score (nSPS) is 23.5. The molecule has 0 amide bonds. The Morgan fingerprint density at radius 3 is 2.59 bits per heavy atom. The molecule has 0 spiro atoms. The summed E-state index contributed by atoms with van der Waals surface area (Å²) in [7, 11) is 1.36. The summed E-state index contributed by atoms with van der Waals surface area (Å²) in [5.74, 6) is -0.310. The van der Waals surface area contributed by atoms with Crippen LogP contribution in [0.2, 0.25) is 0 Å². The Morgan fingerprint density at radius 1 is 1.45 bits per heavy atom. The first kappa shape index (κ1) is 20.6. The van der Waals surface area contributed by atoms with Crippen LogP contribution in [0.4, 0.5) is 0 Å². The molecule has 0 aromatic heterocycles. The van der Waals surface area contributed by atoms with Crippen molar-refractivity contribution in [3.63, 3.8) is 0 Å². The van der Waals surface area contributed by atoms with Gasteiger partial charge in [0.15, 0.2) is 0 Å². The third kappa shape index (κ3) is 6.60. The van der Waals surface area contributed by atoms with E-state index < -0.39 is 0 Å². The number of aliphatic hydroxyl groups excluding tert-OH is 1. The summed E-state index contributed by atoms with van der Waals surface area (Å²) in [5.41, 5.74) is 12.7. The maximum atomic E-state index is 11.8. The number of nitrogens with two attached hydrogens (primary N) is 2. The molecule has 1 aliphatic heterocycles. The first-order valence-corrected chi connectivity index (χ1v) is 7.78. The third-order valence-electron chi connectivity index (χ3n) is 3.62. The van der Waals surface area contributed by atoms with Crippen molar-refractivity contribution in [3.05, 3.63) is 23.4 Å². The summed E-state index contributed by atoms with van der Waals surface area (Å²) >= 11 is 0. The Labute approximate surface area is 133 Å². The van der Waals surface area contributed by atoms with E-state index in [-0.39, 0.29) is 24.5 Å². The minimum Gasteiger partial charge on any atom is -0.466 e. The van der Waals surface area contributed by atoms with Gasteiger partial charge in [0.25, 0.3) is 0 Å². The number of hydrogen-bond donors (Lipinski definition) is 3. The van der Waals surface area contributed by atoms with E-state index in [9.17, 15) is 9.90 Å². The van der Waals surface area contributed by atoms with Crippen LogP contribution in [0, 0.1) is 5.92 Å². The number of aliphatic hydroxyl groups is 1. The number of ether oxygens (including phenoxy) is 1. The molecule has 1 saturated heterocycles. The molecule has 128 valence electrons. The van der Waals surface area contributed by atoms with E-state index in [2.05, 4.69) is 4.90 Å². The van der Waals surface area contributed by atoms with Gasteiger partial charge in [0.05, 0.1) is 12.7 Å². The second-order valence-electron chi connectivity index (χ2n) is 5.20. The van der Waals surface area contributed by atoms with E-state index in [0.29, 0.717) is 18.7 Å². The zero-order valence-corrected chi connectivity index (χ0v) is 14.2. The fraction of sp³-hybridized carbons (Fsp3) is 0.688. The van der Waals surface area contributed by atoms with Gasteiger partial charge in [0, 0.05) is 31.7 Å². The molecular weight excluding hydrogens is 282 g/mol. The van der Waals surface area contributed by atoms with Gasteiger partial charge in [-0.15, -0.1) is 0 Å². The number of hydrogen-bond acceptors (Lipinski definition) is 6. The van der Waals surface area contributed by atoms with Gasteiger partial charge in [-0.25, -0.2) is 4.79 Å².